The molecule has 0 spiro atoms. The average molecular weight is 261 g/mol. The van der Waals surface area contributed by atoms with Gasteiger partial charge in [0.25, 0.3) is 0 Å². The highest BCUT2D eigenvalue weighted by Gasteiger charge is 2.16. The second kappa shape index (κ2) is 5.87. The number of fused-ring (bicyclic) bond motifs is 1. The number of anilines is 1. The fraction of sp³-hybridized carbons (Fsp3) is 0.286. The molecule has 1 aliphatic heterocycles. The van der Waals surface area contributed by atoms with Crippen molar-refractivity contribution in [2.45, 2.75) is 19.8 Å². The maximum Gasteiger partial charge on any atom is 0.228 e. The number of hydrogen-bond acceptors (Lipinski definition) is 3. The molecule has 2 rings (SSSR count). The fourth-order valence-electron chi connectivity index (χ4n) is 1.83. The molecule has 4 heteroatoms. The number of rotatable bonds is 4. The summed E-state index contributed by atoms with van der Waals surface area (Å²) >= 11 is 1.34. The molecule has 0 atom stereocenters. The second-order valence-electron chi connectivity index (χ2n) is 4.17. The third-order valence-electron chi connectivity index (χ3n) is 2.66. The SMILES string of the molecule is CC(=O)SCCC=Cc1ccc2c(c1)NC(=O)C2. The smallest absolute Gasteiger partial charge is 0.228 e. The molecule has 18 heavy (non-hydrogen) atoms. The van der Waals surface area contributed by atoms with E-state index in [9.17, 15) is 9.59 Å². The van der Waals surface area contributed by atoms with Gasteiger partial charge < -0.3 is 5.32 Å². The van der Waals surface area contributed by atoms with Crippen LogP contribution in [0.3, 0.4) is 0 Å². The molecule has 1 aromatic carbocycles. The zero-order valence-electron chi connectivity index (χ0n) is 10.2. The van der Waals surface area contributed by atoms with Crippen LogP contribution >= 0.6 is 11.8 Å². The Bertz CT molecular complexity index is 509. The standard InChI is InChI=1S/C14H15NO2S/c1-10(16)18-7-3-2-4-11-5-6-12-9-14(17)15-13(12)8-11/h2,4-6,8H,3,7,9H2,1H3,(H,15,17). The van der Waals surface area contributed by atoms with Gasteiger partial charge in [-0.1, -0.05) is 36.0 Å². The predicted molar refractivity (Wildman–Crippen MR) is 75.6 cm³/mol. The van der Waals surface area contributed by atoms with Crippen LogP contribution in [0, 0.1) is 0 Å². The molecule has 3 nitrogen and oxygen atoms in total. The van der Waals surface area contributed by atoms with Gasteiger partial charge in [-0.25, -0.2) is 0 Å². The summed E-state index contributed by atoms with van der Waals surface area (Å²) < 4.78 is 0. The number of amides is 1. The molecule has 1 heterocycles. The molecule has 0 radical (unpaired) electrons. The van der Waals surface area contributed by atoms with Gasteiger partial charge in [-0.3, -0.25) is 9.59 Å². The van der Waals surface area contributed by atoms with Crippen molar-refractivity contribution in [3.63, 3.8) is 0 Å². The van der Waals surface area contributed by atoms with Crippen molar-refractivity contribution in [2.24, 2.45) is 0 Å². The van der Waals surface area contributed by atoms with E-state index in [1.54, 1.807) is 6.92 Å². The first-order chi connectivity index (χ1) is 8.65. The lowest BCUT2D eigenvalue weighted by atomic mass is 10.1. The molecule has 0 fully saturated rings. The lowest BCUT2D eigenvalue weighted by Crippen LogP contribution is -2.03. The first-order valence-corrected chi connectivity index (χ1v) is 6.86. The summed E-state index contributed by atoms with van der Waals surface area (Å²) in [7, 11) is 0. The van der Waals surface area contributed by atoms with Crippen molar-refractivity contribution in [1.82, 2.24) is 0 Å². The molecule has 1 aliphatic rings. The Morgan fingerprint density at radius 1 is 1.50 bits per heavy atom. The van der Waals surface area contributed by atoms with Crippen molar-refractivity contribution >= 4 is 34.5 Å². The highest BCUT2D eigenvalue weighted by Crippen LogP contribution is 2.24. The quantitative estimate of drug-likeness (QED) is 0.848. The number of benzene rings is 1. The summed E-state index contributed by atoms with van der Waals surface area (Å²) in [4.78, 5) is 21.9. The summed E-state index contributed by atoms with van der Waals surface area (Å²) in [5.41, 5.74) is 3.05. The molecule has 1 amide bonds. The molecule has 94 valence electrons. The molecular weight excluding hydrogens is 246 g/mol. The number of hydrogen-bond donors (Lipinski definition) is 1. The summed E-state index contributed by atoms with van der Waals surface area (Å²) in [6, 6.07) is 5.97. The van der Waals surface area contributed by atoms with E-state index in [1.165, 1.54) is 11.8 Å². The minimum Gasteiger partial charge on any atom is -0.326 e. The van der Waals surface area contributed by atoms with Gasteiger partial charge in [0, 0.05) is 18.4 Å². The van der Waals surface area contributed by atoms with Crippen LogP contribution in [0.15, 0.2) is 24.3 Å². The van der Waals surface area contributed by atoms with E-state index >= 15 is 0 Å². The summed E-state index contributed by atoms with van der Waals surface area (Å²) in [5.74, 6) is 0.872. The molecule has 0 aliphatic carbocycles. The van der Waals surface area contributed by atoms with Gasteiger partial charge in [-0.2, -0.15) is 0 Å². The van der Waals surface area contributed by atoms with Gasteiger partial charge in [0.1, 0.15) is 0 Å². The van der Waals surface area contributed by atoms with E-state index in [1.807, 2.05) is 24.3 Å². The Morgan fingerprint density at radius 3 is 3.11 bits per heavy atom. The van der Waals surface area contributed by atoms with E-state index in [4.69, 9.17) is 0 Å². The van der Waals surface area contributed by atoms with Crippen LogP contribution in [0.4, 0.5) is 5.69 Å². The molecule has 1 aromatic rings. The van der Waals surface area contributed by atoms with Crippen molar-refractivity contribution < 1.29 is 9.59 Å². The fourth-order valence-corrected chi connectivity index (χ4v) is 2.37. The number of nitrogens with one attached hydrogen (secondary N) is 1. The first kappa shape index (κ1) is 12.9. The van der Waals surface area contributed by atoms with Crippen molar-refractivity contribution in [2.75, 3.05) is 11.1 Å². The number of carbonyl (C=O) groups excluding carboxylic acids is 2. The minimum atomic E-state index is 0.0592. The van der Waals surface area contributed by atoms with E-state index in [2.05, 4.69) is 11.4 Å². The molecule has 0 aromatic heterocycles. The van der Waals surface area contributed by atoms with Gasteiger partial charge in [-0.15, -0.1) is 0 Å². The van der Waals surface area contributed by atoms with Crippen LogP contribution in [0.25, 0.3) is 6.08 Å². The predicted octanol–water partition coefficient (Wildman–Crippen LogP) is 2.86. The molecule has 0 saturated heterocycles. The zero-order chi connectivity index (χ0) is 13.0. The monoisotopic (exact) mass is 261 g/mol. The van der Waals surface area contributed by atoms with Crippen molar-refractivity contribution in [1.29, 1.82) is 0 Å². The Morgan fingerprint density at radius 2 is 2.33 bits per heavy atom. The van der Waals surface area contributed by atoms with Crippen LogP contribution in [0.5, 0.6) is 0 Å². The first-order valence-electron chi connectivity index (χ1n) is 5.88. The summed E-state index contributed by atoms with van der Waals surface area (Å²) in [6.45, 7) is 1.58. The maximum atomic E-state index is 11.2. The van der Waals surface area contributed by atoms with Gasteiger partial charge in [0.2, 0.25) is 5.91 Å². The van der Waals surface area contributed by atoms with Crippen molar-refractivity contribution in [3.05, 3.63) is 35.4 Å². The number of thioether (sulfide) groups is 1. The summed E-state index contributed by atoms with van der Waals surface area (Å²) in [6.07, 6.45) is 5.42. The van der Waals surface area contributed by atoms with E-state index in [0.717, 1.165) is 29.0 Å². The third-order valence-corrected chi connectivity index (χ3v) is 3.51. The average Bonchev–Trinajstić information content (AvgIpc) is 2.67. The maximum absolute atomic E-state index is 11.2. The van der Waals surface area contributed by atoms with E-state index in [-0.39, 0.29) is 11.0 Å². The molecular formula is C14H15NO2S. The molecule has 0 saturated carbocycles. The number of allylic oxidation sites excluding steroid dienone is 1. The van der Waals surface area contributed by atoms with Crippen LogP contribution in [0.2, 0.25) is 0 Å². The van der Waals surface area contributed by atoms with Crippen LogP contribution in [0.1, 0.15) is 24.5 Å². The highest BCUT2D eigenvalue weighted by atomic mass is 32.2. The Labute approximate surface area is 111 Å². The van der Waals surface area contributed by atoms with Gasteiger partial charge >= 0.3 is 0 Å². The minimum absolute atomic E-state index is 0.0592. The van der Waals surface area contributed by atoms with Crippen LogP contribution in [-0.2, 0) is 16.0 Å². The second-order valence-corrected chi connectivity index (χ2v) is 5.44. The Hall–Kier alpha value is -1.55. The lowest BCUT2D eigenvalue weighted by Gasteiger charge is -2.00. The van der Waals surface area contributed by atoms with E-state index in [0.29, 0.717) is 6.42 Å². The number of carbonyl (C=O) groups is 2. The van der Waals surface area contributed by atoms with E-state index < -0.39 is 0 Å². The topological polar surface area (TPSA) is 46.2 Å². The molecule has 0 unspecified atom stereocenters. The summed E-state index contributed by atoms with van der Waals surface area (Å²) in [5, 5.41) is 2.99. The molecule has 1 N–H and O–H groups in total. The van der Waals surface area contributed by atoms with Crippen LogP contribution in [-0.4, -0.2) is 16.8 Å². The van der Waals surface area contributed by atoms with Gasteiger partial charge in [0.15, 0.2) is 5.12 Å². The third kappa shape index (κ3) is 3.47. The van der Waals surface area contributed by atoms with Gasteiger partial charge in [0.05, 0.1) is 6.42 Å². The Kier molecular flexibility index (Phi) is 4.20. The zero-order valence-corrected chi connectivity index (χ0v) is 11.0. The van der Waals surface area contributed by atoms with Crippen molar-refractivity contribution in [3.8, 4) is 0 Å². The lowest BCUT2D eigenvalue weighted by molar-refractivity contribution is -0.115. The largest absolute Gasteiger partial charge is 0.326 e. The highest BCUT2D eigenvalue weighted by molar-refractivity contribution is 8.13. The normalized spacial score (nSPS) is 13.7. The van der Waals surface area contributed by atoms with Crippen LogP contribution < -0.4 is 5.32 Å². The molecule has 0 bridgehead atoms. The van der Waals surface area contributed by atoms with Gasteiger partial charge in [-0.05, 0) is 23.6 Å². The Balaban J connectivity index is 1.91.